The fraction of sp³-hybridized carbons (Fsp3) is 0.611. The van der Waals surface area contributed by atoms with Crippen molar-refractivity contribution in [1.29, 1.82) is 0 Å². The smallest absolute Gasteiger partial charge is 0.310 e. The van der Waals surface area contributed by atoms with Crippen LogP contribution in [0.2, 0.25) is 0 Å². The lowest BCUT2D eigenvalue weighted by atomic mass is 9.82. The largest absolute Gasteiger partial charge is 0.465 e. The number of esters is 1. The Hall–Kier alpha value is -1.51. The minimum Gasteiger partial charge on any atom is -0.465 e. The van der Waals surface area contributed by atoms with Gasteiger partial charge in [-0.25, -0.2) is 0 Å². The molecule has 3 nitrogen and oxygen atoms in total. The molecule has 1 aromatic rings. The predicted molar refractivity (Wildman–Crippen MR) is 78.4 cm³/mol. The second kappa shape index (κ2) is 5.04. The molecule has 2 bridgehead atoms. The molecule has 3 aliphatic rings. The summed E-state index contributed by atoms with van der Waals surface area (Å²) in [6.45, 7) is 0. The van der Waals surface area contributed by atoms with Gasteiger partial charge >= 0.3 is 5.97 Å². The standard InChI is InChI=1S/C18H22O3/c19-17(15-12-13-6-7-14(15)11-13)21-18(8-2-1-3-9-18)16-5-4-10-20-16/h4-7,10,13-15H,1-3,8-9,11-12H2. The molecular weight excluding hydrogens is 264 g/mol. The van der Waals surface area contributed by atoms with E-state index < -0.39 is 5.60 Å². The van der Waals surface area contributed by atoms with Crippen LogP contribution in [0.4, 0.5) is 0 Å². The first kappa shape index (κ1) is 13.2. The zero-order valence-corrected chi connectivity index (χ0v) is 12.3. The maximum Gasteiger partial charge on any atom is 0.310 e. The number of carbonyl (C=O) groups is 1. The molecule has 0 saturated heterocycles. The van der Waals surface area contributed by atoms with E-state index in [0.29, 0.717) is 11.8 Å². The Kier molecular flexibility index (Phi) is 3.16. The van der Waals surface area contributed by atoms with Gasteiger partial charge in [-0.1, -0.05) is 18.6 Å². The van der Waals surface area contributed by atoms with Gasteiger partial charge in [0.25, 0.3) is 0 Å². The first-order valence-corrected chi connectivity index (χ1v) is 8.22. The van der Waals surface area contributed by atoms with Crippen LogP contribution in [0.25, 0.3) is 0 Å². The van der Waals surface area contributed by atoms with Crippen LogP contribution in [0.5, 0.6) is 0 Å². The molecule has 4 rings (SSSR count). The molecule has 1 heterocycles. The SMILES string of the molecule is O=C(OC1(c2ccco2)CCCCC1)C1CC2C=CC1C2. The highest BCUT2D eigenvalue weighted by molar-refractivity contribution is 5.74. The number of ether oxygens (including phenoxy) is 1. The Morgan fingerprint density at radius 3 is 2.67 bits per heavy atom. The number of allylic oxidation sites excluding steroid dienone is 2. The van der Waals surface area contributed by atoms with E-state index in [2.05, 4.69) is 12.2 Å². The molecular formula is C18H22O3. The summed E-state index contributed by atoms with van der Waals surface area (Å²) >= 11 is 0. The summed E-state index contributed by atoms with van der Waals surface area (Å²) in [5, 5.41) is 0. The molecule has 3 aliphatic carbocycles. The molecule has 0 N–H and O–H groups in total. The summed E-state index contributed by atoms with van der Waals surface area (Å²) in [5.74, 6) is 1.88. The van der Waals surface area contributed by atoms with E-state index in [9.17, 15) is 4.79 Å². The normalized spacial score (nSPS) is 33.2. The third-order valence-electron chi connectivity index (χ3n) is 5.51. The number of carbonyl (C=O) groups excluding carboxylic acids is 1. The zero-order valence-electron chi connectivity index (χ0n) is 12.3. The first-order chi connectivity index (χ1) is 10.3. The summed E-state index contributed by atoms with van der Waals surface area (Å²) in [5.41, 5.74) is -0.510. The summed E-state index contributed by atoms with van der Waals surface area (Å²) in [6, 6.07) is 3.85. The lowest BCUT2D eigenvalue weighted by Gasteiger charge is -2.36. The fourth-order valence-corrected chi connectivity index (χ4v) is 4.38. The van der Waals surface area contributed by atoms with Gasteiger partial charge in [-0.15, -0.1) is 0 Å². The van der Waals surface area contributed by atoms with E-state index in [1.54, 1.807) is 6.26 Å². The molecule has 0 amide bonds. The topological polar surface area (TPSA) is 39.4 Å². The van der Waals surface area contributed by atoms with Crippen molar-refractivity contribution in [1.82, 2.24) is 0 Å². The molecule has 0 spiro atoms. The molecule has 2 fully saturated rings. The second-order valence-electron chi connectivity index (χ2n) is 6.84. The van der Waals surface area contributed by atoms with Crippen molar-refractivity contribution < 1.29 is 13.9 Å². The highest BCUT2D eigenvalue weighted by atomic mass is 16.6. The summed E-state index contributed by atoms with van der Waals surface area (Å²) in [4.78, 5) is 12.7. The van der Waals surface area contributed by atoms with Crippen LogP contribution < -0.4 is 0 Å². The van der Waals surface area contributed by atoms with Gasteiger partial charge in [0.15, 0.2) is 5.60 Å². The van der Waals surface area contributed by atoms with Crippen molar-refractivity contribution in [2.75, 3.05) is 0 Å². The molecule has 112 valence electrons. The van der Waals surface area contributed by atoms with E-state index >= 15 is 0 Å². The van der Waals surface area contributed by atoms with Gasteiger partial charge in [0.05, 0.1) is 12.2 Å². The number of hydrogen-bond donors (Lipinski definition) is 0. The Balaban J connectivity index is 1.55. The van der Waals surface area contributed by atoms with Crippen LogP contribution in [-0.2, 0) is 15.1 Å². The van der Waals surface area contributed by atoms with Gasteiger partial charge < -0.3 is 9.15 Å². The van der Waals surface area contributed by atoms with Crippen molar-refractivity contribution in [2.45, 2.75) is 50.5 Å². The second-order valence-corrected chi connectivity index (χ2v) is 6.84. The van der Waals surface area contributed by atoms with Gasteiger partial charge in [0.1, 0.15) is 5.76 Å². The van der Waals surface area contributed by atoms with E-state index in [1.807, 2.05) is 12.1 Å². The molecule has 3 atom stereocenters. The van der Waals surface area contributed by atoms with Crippen LogP contribution in [0, 0.1) is 17.8 Å². The van der Waals surface area contributed by atoms with Crippen LogP contribution >= 0.6 is 0 Å². The lowest BCUT2D eigenvalue weighted by Crippen LogP contribution is -2.37. The lowest BCUT2D eigenvalue weighted by molar-refractivity contribution is -0.173. The molecule has 21 heavy (non-hydrogen) atoms. The van der Waals surface area contributed by atoms with Crippen molar-refractivity contribution >= 4 is 5.97 Å². The van der Waals surface area contributed by atoms with E-state index in [4.69, 9.17) is 9.15 Å². The summed E-state index contributed by atoms with van der Waals surface area (Å²) in [6.07, 6.45) is 13.5. The minimum atomic E-state index is -0.510. The highest BCUT2D eigenvalue weighted by Gasteiger charge is 2.46. The number of hydrogen-bond acceptors (Lipinski definition) is 3. The van der Waals surface area contributed by atoms with Crippen LogP contribution in [0.3, 0.4) is 0 Å². The molecule has 3 heteroatoms. The first-order valence-electron chi connectivity index (χ1n) is 8.22. The Morgan fingerprint density at radius 2 is 2.05 bits per heavy atom. The molecule has 0 aliphatic heterocycles. The summed E-state index contributed by atoms with van der Waals surface area (Å²) in [7, 11) is 0. The number of furan rings is 1. The Morgan fingerprint density at radius 1 is 1.19 bits per heavy atom. The van der Waals surface area contributed by atoms with E-state index in [-0.39, 0.29) is 11.9 Å². The molecule has 0 radical (unpaired) electrons. The highest BCUT2D eigenvalue weighted by Crippen LogP contribution is 2.47. The fourth-order valence-electron chi connectivity index (χ4n) is 4.38. The minimum absolute atomic E-state index is 0.00912. The third kappa shape index (κ3) is 2.23. The average Bonchev–Trinajstić information content (AvgIpc) is 3.25. The van der Waals surface area contributed by atoms with Crippen LogP contribution in [-0.4, -0.2) is 5.97 Å². The number of rotatable bonds is 3. The van der Waals surface area contributed by atoms with Crippen LogP contribution in [0.1, 0.15) is 50.7 Å². The van der Waals surface area contributed by atoms with Gasteiger partial charge in [-0.2, -0.15) is 0 Å². The summed E-state index contributed by atoms with van der Waals surface area (Å²) < 4.78 is 11.7. The predicted octanol–water partition coefficient (Wildman–Crippen LogP) is 4.19. The molecule has 2 saturated carbocycles. The Labute approximate surface area is 125 Å². The third-order valence-corrected chi connectivity index (χ3v) is 5.51. The van der Waals surface area contributed by atoms with Crippen molar-refractivity contribution in [3.8, 4) is 0 Å². The van der Waals surface area contributed by atoms with Gasteiger partial charge in [0, 0.05) is 0 Å². The van der Waals surface area contributed by atoms with Crippen molar-refractivity contribution in [3.05, 3.63) is 36.3 Å². The maximum atomic E-state index is 12.7. The monoisotopic (exact) mass is 286 g/mol. The van der Waals surface area contributed by atoms with E-state index in [0.717, 1.165) is 44.3 Å². The molecule has 3 unspecified atom stereocenters. The quantitative estimate of drug-likeness (QED) is 0.617. The molecule has 1 aromatic heterocycles. The average molecular weight is 286 g/mol. The van der Waals surface area contributed by atoms with Gasteiger partial charge in [0.2, 0.25) is 0 Å². The van der Waals surface area contributed by atoms with Crippen molar-refractivity contribution in [3.63, 3.8) is 0 Å². The van der Waals surface area contributed by atoms with Gasteiger partial charge in [-0.05, 0) is 62.5 Å². The number of fused-ring (bicyclic) bond motifs is 2. The van der Waals surface area contributed by atoms with Gasteiger partial charge in [-0.3, -0.25) is 4.79 Å². The Bertz CT molecular complexity index is 537. The maximum absolute atomic E-state index is 12.7. The van der Waals surface area contributed by atoms with Crippen LogP contribution in [0.15, 0.2) is 35.0 Å². The zero-order chi connectivity index (χ0) is 14.3. The van der Waals surface area contributed by atoms with Crippen molar-refractivity contribution in [2.24, 2.45) is 17.8 Å². The molecule has 0 aromatic carbocycles. The van der Waals surface area contributed by atoms with E-state index in [1.165, 1.54) is 6.42 Å².